The SMILES string of the molecule is CCCN(C)Cc1cn[nH]c1C1CCC(OCC(C)(C)C)CC1. The highest BCUT2D eigenvalue weighted by Crippen LogP contribution is 2.35. The van der Waals surface area contributed by atoms with E-state index in [0.29, 0.717) is 12.0 Å². The summed E-state index contributed by atoms with van der Waals surface area (Å²) in [4.78, 5) is 2.38. The molecule has 0 amide bonds. The molecule has 1 N–H and O–H groups in total. The topological polar surface area (TPSA) is 41.2 Å². The third-order valence-corrected chi connectivity index (χ3v) is 4.63. The zero-order valence-corrected chi connectivity index (χ0v) is 15.7. The van der Waals surface area contributed by atoms with Gasteiger partial charge >= 0.3 is 0 Å². The lowest BCUT2D eigenvalue weighted by Gasteiger charge is -2.31. The minimum atomic E-state index is 0.261. The van der Waals surface area contributed by atoms with Crippen LogP contribution in [0.4, 0.5) is 0 Å². The summed E-state index contributed by atoms with van der Waals surface area (Å²) in [6.07, 6.45) is 8.42. The van der Waals surface area contributed by atoms with Crippen LogP contribution >= 0.6 is 0 Å². The third kappa shape index (κ3) is 5.92. The number of ether oxygens (including phenoxy) is 1. The highest BCUT2D eigenvalue weighted by molar-refractivity contribution is 5.21. The van der Waals surface area contributed by atoms with Crippen molar-refractivity contribution < 1.29 is 4.74 Å². The van der Waals surface area contributed by atoms with Crippen LogP contribution in [0.5, 0.6) is 0 Å². The molecular formula is C19H35N3O. The van der Waals surface area contributed by atoms with E-state index in [1.165, 1.54) is 43.4 Å². The third-order valence-electron chi connectivity index (χ3n) is 4.63. The second kappa shape index (κ2) is 8.29. The van der Waals surface area contributed by atoms with Gasteiger partial charge in [-0.1, -0.05) is 27.7 Å². The number of aromatic amines is 1. The van der Waals surface area contributed by atoms with Gasteiger partial charge in [0.05, 0.1) is 18.9 Å². The fourth-order valence-electron chi connectivity index (χ4n) is 3.44. The van der Waals surface area contributed by atoms with Crippen molar-refractivity contribution in [2.75, 3.05) is 20.2 Å². The molecule has 0 aromatic carbocycles. The van der Waals surface area contributed by atoms with Crippen LogP contribution < -0.4 is 0 Å². The van der Waals surface area contributed by atoms with Crippen molar-refractivity contribution >= 4 is 0 Å². The van der Waals surface area contributed by atoms with E-state index in [1.807, 2.05) is 6.20 Å². The Morgan fingerprint density at radius 1 is 1.26 bits per heavy atom. The molecule has 132 valence electrons. The molecule has 4 heteroatoms. The molecule has 0 unspecified atom stereocenters. The second-order valence-corrected chi connectivity index (χ2v) is 8.39. The highest BCUT2D eigenvalue weighted by Gasteiger charge is 2.26. The van der Waals surface area contributed by atoms with Crippen LogP contribution in [0.15, 0.2) is 6.20 Å². The maximum absolute atomic E-state index is 6.11. The fourth-order valence-corrected chi connectivity index (χ4v) is 3.44. The molecule has 1 fully saturated rings. The summed E-state index contributed by atoms with van der Waals surface area (Å²) < 4.78 is 6.11. The van der Waals surface area contributed by atoms with Crippen molar-refractivity contribution in [3.8, 4) is 0 Å². The first-order valence-corrected chi connectivity index (χ1v) is 9.21. The van der Waals surface area contributed by atoms with E-state index < -0.39 is 0 Å². The van der Waals surface area contributed by atoms with Crippen molar-refractivity contribution in [2.45, 2.75) is 78.4 Å². The van der Waals surface area contributed by atoms with E-state index in [2.05, 4.69) is 49.8 Å². The van der Waals surface area contributed by atoms with Gasteiger partial charge in [0.1, 0.15) is 0 Å². The molecule has 0 radical (unpaired) electrons. The van der Waals surface area contributed by atoms with Gasteiger partial charge < -0.3 is 9.64 Å². The quantitative estimate of drug-likeness (QED) is 0.812. The fraction of sp³-hybridized carbons (Fsp3) is 0.842. The molecule has 1 aromatic heterocycles. The number of aromatic nitrogens is 2. The van der Waals surface area contributed by atoms with Gasteiger partial charge in [0.2, 0.25) is 0 Å². The van der Waals surface area contributed by atoms with Crippen LogP contribution in [0, 0.1) is 5.41 Å². The number of H-pyrrole nitrogens is 1. The van der Waals surface area contributed by atoms with E-state index in [1.54, 1.807) is 0 Å². The van der Waals surface area contributed by atoms with Gasteiger partial charge in [0.25, 0.3) is 0 Å². The van der Waals surface area contributed by atoms with Gasteiger partial charge in [-0.15, -0.1) is 0 Å². The molecule has 0 spiro atoms. The van der Waals surface area contributed by atoms with Gasteiger partial charge in [-0.3, -0.25) is 5.10 Å². The predicted molar refractivity (Wildman–Crippen MR) is 95.6 cm³/mol. The number of nitrogens with one attached hydrogen (secondary N) is 1. The molecule has 1 heterocycles. The molecule has 1 aliphatic carbocycles. The first-order valence-electron chi connectivity index (χ1n) is 9.21. The minimum Gasteiger partial charge on any atom is -0.378 e. The Labute approximate surface area is 142 Å². The molecule has 0 saturated heterocycles. The van der Waals surface area contributed by atoms with E-state index >= 15 is 0 Å². The summed E-state index contributed by atoms with van der Waals surface area (Å²) in [6, 6.07) is 0. The number of hydrogen-bond acceptors (Lipinski definition) is 3. The predicted octanol–water partition coefficient (Wildman–Crippen LogP) is 4.34. The average molecular weight is 322 g/mol. The second-order valence-electron chi connectivity index (χ2n) is 8.39. The average Bonchev–Trinajstić information content (AvgIpc) is 2.93. The smallest absolute Gasteiger partial charge is 0.0575 e. The van der Waals surface area contributed by atoms with Crippen molar-refractivity contribution in [3.63, 3.8) is 0 Å². The molecule has 1 aliphatic rings. The summed E-state index contributed by atoms with van der Waals surface area (Å²) in [6.45, 7) is 11.9. The van der Waals surface area contributed by atoms with E-state index in [0.717, 1.165) is 19.7 Å². The molecule has 2 rings (SSSR count). The molecule has 0 bridgehead atoms. The first kappa shape index (κ1) is 18.5. The molecule has 0 aliphatic heterocycles. The van der Waals surface area contributed by atoms with Gasteiger partial charge in [-0.2, -0.15) is 5.10 Å². The summed E-state index contributed by atoms with van der Waals surface area (Å²) in [5.74, 6) is 0.622. The summed E-state index contributed by atoms with van der Waals surface area (Å²) in [5.41, 5.74) is 3.00. The van der Waals surface area contributed by atoms with E-state index in [9.17, 15) is 0 Å². The van der Waals surface area contributed by atoms with Crippen molar-refractivity contribution in [3.05, 3.63) is 17.5 Å². The van der Waals surface area contributed by atoms with Crippen molar-refractivity contribution in [1.82, 2.24) is 15.1 Å². The molecular weight excluding hydrogens is 286 g/mol. The van der Waals surface area contributed by atoms with Crippen LogP contribution in [0.25, 0.3) is 0 Å². The minimum absolute atomic E-state index is 0.261. The monoisotopic (exact) mass is 321 g/mol. The van der Waals surface area contributed by atoms with Crippen molar-refractivity contribution in [1.29, 1.82) is 0 Å². The van der Waals surface area contributed by atoms with Gasteiger partial charge in [0, 0.05) is 23.7 Å². The van der Waals surface area contributed by atoms with Gasteiger partial charge in [-0.05, 0) is 51.1 Å². The largest absolute Gasteiger partial charge is 0.378 e. The Balaban J connectivity index is 1.85. The summed E-state index contributed by atoms with van der Waals surface area (Å²) in [5, 5.41) is 7.59. The molecule has 23 heavy (non-hydrogen) atoms. The lowest BCUT2D eigenvalue weighted by molar-refractivity contribution is -0.0125. The number of hydrogen-bond donors (Lipinski definition) is 1. The molecule has 1 aromatic rings. The van der Waals surface area contributed by atoms with E-state index in [4.69, 9.17) is 4.74 Å². The van der Waals surface area contributed by atoms with Gasteiger partial charge in [0.15, 0.2) is 0 Å². The Hall–Kier alpha value is -0.870. The molecule has 4 nitrogen and oxygen atoms in total. The lowest BCUT2D eigenvalue weighted by atomic mass is 9.84. The van der Waals surface area contributed by atoms with Crippen LogP contribution in [-0.4, -0.2) is 41.4 Å². The number of nitrogens with zero attached hydrogens (tertiary/aromatic N) is 2. The van der Waals surface area contributed by atoms with Crippen LogP contribution in [0.3, 0.4) is 0 Å². The maximum Gasteiger partial charge on any atom is 0.0575 e. The van der Waals surface area contributed by atoms with Crippen LogP contribution in [0.1, 0.15) is 77.0 Å². The van der Waals surface area contributed by atoms with Crippen LogP contribution in [-0.2, 0) is 11.3 Å². The summed E-state index contributed by atoms with van der Waals surface area (Å²) in [7, 11) is 2.19. The zero-order chi connectivity index (χ0) is 16.9. The standard InChI is InChI=1S/C19H35N3O/c1-6-11-22(5)13-16-12-20-21-18(16)15-7-9-17(10-8-15)23-14-19(2,3)4/h12,15,17H,6-11,13-14H2,1-5H3,(H,20,21). The highest BCUT2D eigenvalue weighted by atomic mass is 16.5. The normalized spacial score (nSPS) is 22.7. The van der Waals surface area contributed by atoms with Crippen LogP contribution in [0.2, 0.25) is 0 Å². The van der Waals surface area contributed by atoms with Gasteiger partial charge in [-0.25, -0.2) is 0 Å². The zero-order valence-electron chi connectivity index (χ0n) is 15.7. The Bertz CT molecular complexity index is 455. The van der Waals surface area contributed by atoms with E-state index in [-0.39, 0.29) is 5.41 Å². The lowest BCUT2D eigenvalue weighted by Crippen LogP contribution is -2.26. The summed E-state index contributed by atoms with van der Waals surface area (Å²) >= 11 is 0. The maximum atomic E-state index is 6.11. The first-order chi connectivity index (χ1) is 10.9. The Morgan fingerprint density at radius 3 is 2.57 bits per heavy atom. The van der Waals surface area contributed by atoms with Crippen molar-refractivity contribution in [2.24, 2.45) is 5.41 Å². The molecule has 0 atom stereocenters. The molecule has 1 saturated carbocycles. The Morgan fingerprint density at radius 2 is 1.96 bits per heavy atom. The number of rotatable bonds is 7. The Kier molecular flexibility index (Phi) is 6.66.